The molecule has 22 heavy (non-hydrogen) atoms. The van der Waals surface area contributed by atoms with Crippen molar-refractivity contribution in [1.82, 2.24) is 14.8 Å². The molecule has 1 aromatic rings. The number of alkyl halides is 3. The zero-order valence-electron chi connectivity index (χ0n) is 12.7. The highest BCUT2D eigenvalue weighted by atomic mass is 19.4. The molecule has 0 spiro atoms. The first-order valence-corrected chi connectivity index (χ1v) is 7.58. The molecular formula is C16H20F3N3. The predicted molar refractivity (Wildman–Crippen MR) is 77.8 cm³/mol. The third-order valence-electron chi connectivity index (χ3n) is 4.52. The average molecular weight is 311 g/mol. The van der Waals surface area contributed by atoms with Crippen molar-refractivity contribution in [3.05, 3.63) is 41.5 Å². The highest BCUT2D eigenvalue weighted by Crippen LogP contribution is 2.32. The van der Waals surface area contributed by atoms with Crippen LogP contribution in [0.25, 0.3) is 0 Å². The lowest BCUT2D eigenvalue weighted by Crippen LogP contribution is -2.37. The third-order valence-corrected chi connectivity index (χ3v) is 4.52. The van der Waals surface area contributed by atoms with Crippen LogP contribution in [0.15, 0.2) is 24.7 Å². The van der Waals surface area contributed by atoms with E-state index >= 15 is 0 Å². The first-order chi connectivity index (χ1) is 10.3. The molecule has 1 saturated heterocycles. The van der Waals surface area contributed by atoms with Crippen LogP contribution >= 0.6 is 0 Å². The smallest absolute Gasteiger partial charge is 0.358 e. The Morgan fingerprint density at radius 1 is 1.32 bits per heavy atom. The highest BCUT2D eigenvalue weighted by Gasteiger charge is 2.33. The molecule has 1 fully saturated rings. The number of hydrogen-bond donors (Lipinski definition) is 0. The Morgan fingerprint density at radius 3 is 2.73 bits per heavy atom. The molecule has 3 heterocycles. The van der Waals surface area contributed by atoms with Crippen LogP contribution in [0, 0.1) is 5.92 Å². The average Bonchev–Trinajstić information content (AvgIpc) is 2.91. The first-order valence-electron chi connectivity index (χ1n) is 7.58. The van der Waals surface area contributed by atoms with E-state index in [1.54, 1.807) is 0 Å². The number of halogens is 3. The molecule has 1 atom stereocenters. The molecule has 0 aliphatic carbocycles. The summed E-state index contributed by atoms with van der Waals surface area (Å²) < 4.78 is 38.5. The summed E-state index contributed by atoms with van der Waals surface area (Å²) in [4.78, 5) is 8.30. The van der Waals surface area contributed by atoms with Gasteiger partial charge in [-0.25, -0.2) is 0 Å². The van der Waals surface area contributed by atoms with E-state index in [9.17, 15) is 13.2 Å². The van der Waals surface area contributed by atoms with Crippen LogP contribution in [0.2, 0.25) is 0 Å². The molecule has 2 aliphatic rings. The van der Waals surface area contributed by atoms with Crippen molar-refractivity contribution >= 4 is 0 Å². The second-order valence-electron chi connectivity index (χ2n) is 6.26. The Labute approximate surface area is 128 Å². The Kier molecular flexibility index (Phi) is 3.78. The molecule has 2 aliphatic heterocycles. The molecule has 3 nitrogen and oxygen atoms in total. The van der Waals surface area contributed by atoms with Crippen LogP contribution in [0.4, 0.5) is 13.2 Å². The number of aromatic nitrogens is 1. The zero-order valence-corrected chi connectivity index (χ0v) is 12.7. The molecule has 3 rings (SSSR count). The van der Waals surface area contributed by atoms with Gasteiger partial charge in [-0.3, -0.25) is 4.98 Å². The van der Waals surface area contributed by atoms with Gasteiger partial charge >= 0.3 is 6.18 Å². The lowest BCUT2D eigenvalue weighted by Gasteiger charge is -2.36. The molecule has 0 amide bonds. The van der Waals surface area contributed by atoms with E-state index in [1.807, 2.05) is 0 Å². The van der Waals surface area contributed by atoms with E-state index in [4.69, 9.17) is 0 Å². The summed E-state index contributed by atoms with van der Waals surface area (Å²) in [6.07, 6.45) is -1.60. The Morgan fingerprint density at radius 2 is 2.09 bits per heavy atom. The van der Waals surface area contributed by atoms with Crippen molar-refractivity contribution in [3.63, 3.8) is 0 Å². The fraction of sp³-hybridized carbons (Fsp3) is 0.562. The summed E-state index contributed by atoms with van der Waals surface area (Å²) in [6, 6.07) is 1.23. The van der Waals surface area contributed by atoms with E-state index in [-0.39, 0.29) is 0 Å². The summed E-state index contributed by atoms with van der Waals surface area (Å²) in [6.45, 7) is 9.52. The van der Waals surface area contributed by atoms with Crippen molar-refractivity contribution in [3.8, 4) is 0 Å². The maximum Gasteiger partial charge on any atom is 0.417 e. The number of nitrogens with zero attached hydrogens (tertiary/aromatic N) is 3. The molecule has 120 valence electrons. The first kappa shape index (κ1) is 15.2. The van der Waals surface area contributed by atoms with Crippen LogP contribution in [-0.4, -0.2) is 34.4 Å². The minimum Gasteiger partial charge on any atom is -0.358 e. The van der Waals surface area contributed by atoms with Crippen molar-refractivity contribution in [2.75, 3.05) is 19.6 Å². The van der Waals surface area contributed by atoms with Crippen molar-refractivity contribution in [2.45, 2.75) is 32.5 Å². The number of pyridine rings is 1. The number of likely N-dealkylation sites (tertiary alicyclic amines) is 1. The fourth-order valence-electron chi connectivity index (χ4n) is 3.17. The van der Waals surface area contributed by atoms with Crippen molar-refractivity contribution in [1.29, 1.82) is 0 Å². The quantitative estimate of drug-likeness (QED) is 0.835. The second-order valence-corrected chi connectivity index (χ2v) is 6.26. The normalized spacial score (nSPS) is 21.9. The van der Waals surface area contributed by atoms with Gasteiger partial charge in [0.15, 0.2) is 0 Å². The minimum atomic E-state index is -4.34. The van der Waals surface area contributed by atoms with Crippen LogP contribution in [0.1, 0.15) is 30.2 Å². The van der Waals surface area contributed by atoms with E-state index in [0.29, 0.717) is 24.4 Å². The fourth-order valence-corrected chi connectivity index (χ4v) is 3.17. The van der Waals surface area contributed by atoms with Crippen LogP contribution in [0.3, 0.4) is 0 Å². The van der Waals surface area contributed by atoms with Gasteiger partial charge in [0.05, 0.1) is 11.4 Å². The summed E-state index contributed by atoms with van der Waals surface area (Å²) in [5.74, 6) is 1.57. The summed E-state index contributed by atoms with van der Waals surface area (Å²) in [5.41, 5.74) is 0.759. The SMILES string of the molecule is C=C(N1CCc2ncc(C(F)(F)F)cc2C1)N1CCC(C)C1. The largest absolute Gasteiger partial charge is 0.417 e. The van der Waals surface area contributed by atoms with E-state index in [1.165, 1.54) is 6.07 Å². The van der Waals surface area contributed by atoms with Gasteiger partial charge in [-0.1, -0.05) is 13.5 Å². The predicted octanol–water partition coefficient (Wildman–Crippen LogP) is 3.27. The summed E-state index contributed by atoms with van der Waals surface area (Å²) >= 11 is 0. The molecule has 1 aromatic heterocycles. The molecule has 6 heteroatoms. The minimum absolute atomic E-state index is 0.454. The van der Waals surface area contributed by atoms with Crippen LogP contribution in [0.5, 0.6) is 0 Å². The number of fused-ring (bicyclic) bond motifs is 1. The molecule has 0 saturated carbocycles. The number of hydrogen-bond acceptors (Lipinski definition) is 3. The lowest BCUT2D eigenvalue weighted by molar-refractivity contribution is -0.137. The molecule has 0 bridgehead atoms. The topological polar surface area (TPSA) is 19.4 Å². The molecule has 0 aromatic carbocycles. The van der Waals surface area contributed by atoms with Gasteiger partial charge in [-0.2, -0.15) is 13.2 Å². The third kappa shape index (κ3) is 2.91. The highest BCUT2D eigenvalue weighted by molar-refractivity contribution is 5.29. The number of rotatable bonds is 2. The van der Waals surface area contributed by atoms with Gasteiger partial charge in [0.25, 0.3) is 0 Å². The maximum absolute atomic E-state index is 12.8. The zero-order chi connectivity index (χ0) is 15.9. The standard InChI is InChI=1S/C16H20F3N3/c1-11-3-5-21(9-11)12(2)22-6-4-15-13(10-22)7-14(8-20-15)16(17,18)19/h7-8,11H,2-6,9-10H2,1H3. The van der Waals surface area contributed by atoms with Crippen LogP contribution in [-0.2, 0) is 19.1 Å². The monoisotopic (exact) mass is 311 g/mol. The van der Waals surface area contributed by atoms with E-state index < -0.39 is 11.7 Å². The maximum atomic E-state index is 12.8. The Balaban J connectivity index is 1.76. The Bertz CT molecular complexity index is 582. The van der Waals surface area contributed by atoms with Gasteiger partial charge in [0.2, 0.25) is 0 Å². The van der Waals surface area contributed by atoms with Gasteiger partial charge in [0, 0.05) is 44.5 Å². The van der Waals surface area contributed by atoms with Gasteiger partial charge in [-0.05, 0) is 24.0 Å². The summed E-state index contributed by atoms with van der Waals surface area (Å²) in [7, 11) is 0. The molecule has 0 N–H and O–H groups in total. The van der Waals surface area contributed by atoms with Gasteiger partial charge in [0.1, 0.15) is 0 Å². The summed E-state index contributed by atoms with van der Waals surface area (Å²) in [5, 5.41) is 0. The molecule has 0 radical (unpaired) electrons. The molecular weight excluding hydrogens is 291 g/mol. The van der Waals surface area contributed by atoms with Gasteiger partial charge < -0.3 is 9.80 Å². The van der Waals surface area contributed by atoms with E-state index in [0.717, 1.165) is 43.8 Å². The lowest BCUT2D eigenvalue weighted by atomic mass is 10.0. The molecule has 1 unspecified atom stereocenters. The Hall–Kier alpha value is -1.72. The van der Waals surface area contributed by atoms with Gasteiger partial charge in [-0.15, -0.1) is 0 Å². The van der Waals surface area contributed by atoms with Crippen LogP contribution < -0.4 is 0 Å². The van der Waals surface area contributed by atoms with Crippen molar-refractivity contribution in [2.24, 2.45) is 5.92 Å². The van der Waals surface area contributed by atoms with Crippen molar-refractivity contribution < 1.29 is 13.2 Å². The second kappa shape index (κ2) is 5.48. The van der Waals surface area contributed by atoms with E-state index in [2.05, 4.69) is 28.3 Å².